The molecule has 0 N–H and O–H groups in total. The first kappa shape index (κ1) is 16.8. The molecule has 1 heterocycles. The second-order valence-electron chi connectivity index (χ2n) is 5.78. The zero-order valence-corrected chi connectivity index (χ0v) is 14.6. The third kappa shape index (κ3) is 3.55. The molecule has 0 saturated heterocycles. The average Bonchev–Trinajstić information content (AvgIpc) is 2.97. The molecule has 0 unspecified atom stereocenters. The van der Waals surface area contributed by atoms with Gasteiger partial charge in [0.2, 0.25) is 5.90 Å². The molecule has 0 aliphatic carbocycles. The molecule has 0 atom stereocenters. The van der Waals surface area contributed by atoms with Gasteiger partial charge in [0.15, 0.2) is 5.70 Å². The predicted octanol–water partition coefficient (Wildman–Crippen LogP) is 3.67. The minimum atomic E-state index is -0.477. The standard InChI is InChI=1S/C20H19NO4/c1-12-5-6-15(7-13(12)2)19-21-18(20(22)25-19)10-14-8-16(23-3)11-17(9-14)24-4/h5-11H,1-4H3. The number of cyclic esters (lactones) is 1. The monoisotopic (exact) mass is 337 g/mol. The second kappa shape index (κ2) is 6.81. The largest absolute Gasteiger partial charge is 0.497 e. The molecule has 0 radical (unpaired) electrons. The average molecular weight is 337 g/mol. The Balaban J connectivity index is 1.97. The molecule has 128 valence electrons. The van der Waals surface area contributed by atoms with Crippen molar-refractivity contribution in [1.29, 1.82) is 0 Å². The van der Waals surface area contributed by atoms with Crippen LogP contribution in [0.3, 0.4) is 0 Å². The fraction of sp³-hybridized carbons (Fsp3) is 0.200. The molecule has 3 rings (SSSR count). The van der Waals surface area contributed by atoms with E-state index in [9.17, 15) is 4.79 Å². The van der Waals surface area contributed by atoms with Crippen LogP contribution in [0.1, 0.15) is 22.3 Å². The van der Waals surface area contributed by atoms with Gasteiger partial charge in [0.25, 0.3) is 0 Å². The Morgan fingerprint density at radius 1 is 0.960 bits per heavy atom. The van der Waals surface area contributed by atoms with Crippen molar-refractivity contribution in [3.05, 3.63) is 64.3 Å². The van der Waals surface area contributed by atoms with Gasteiger partial charge < -0.3 is 14.2 Å². The maximum absolute atomic E-state index is 12.2. The van der Waals surface area contributed by atoms with Gasteiger partial charge in [-0.1, -0.05) is 6.07 Å². The fourth-order valence-electron chi connectivity index (χ4n) is 2.48. The summed E-state index contributed by atoms with van der Waals surface area (Å²) in [6.07, 6.45) is 1.65. The molecule has 5 nitrogen and oxygen atoms in total. The van der Waals surface area contributed by atoms with E-state index in [1.807, 2.05) is 32.0 Å². The first-order chi connectivity index (χ1) is 12.0. The Kier molecular flexibility index (Phi) is 4.57. The number of hydrogen-bond donors (Lipinski definition) is 0. The van der Waals surface area contributed by atoms with Gasteiger partial charge >= 0.3 is 5.97 Å². The molecule has 0 bridgehead atoms. The van der Waals surface area contributed by atoms with E-state index in [2.05, 4.69) is 4.99 Å². The number of hydrogen-bond acceptors (Lipinski definition) is 5. The molecule has 1 aliphatic rings. The van der Waals surface area contributed by atoms with Crippen molar-refractivity contribution in [1.82, 2.24) is 0 Å². The summed E-state index contributed by atoms with van der Waals surface area (Å²) in [5, 5.41) is 0. The number of benzene rings is 2. The molecular formula is C20H19NO4. The number of aryl methyl sites for hydroxylation is 2. The van der Waals surface area contributed by atoms with Crippen LogP contribution in [0, 0.1) is 13.8 Å². The lowest BCUT2D eigenvalue weighted by Crippen LogP contribution is -2.05. The smallest absolute Gasteiger partial charge is 0.363 e. The number of ether oxygens (including phenoxy) is 3. The maximum atomic E-state index is 12.2. The van der Waals surface area contributed by atoms with Crippen LogP contribution in [0.25, 0.3) is 6.08 Å². The van der Waals surface area contributed by atoms with E-state index in [1.165, 1.54) is 5.56 Å². The minimum Gasteiger partial charge on any atom is -0.497 e. The summed E-state index contributed by atoms with van der Waals surface area (Å²) in [6.45, 7) is 4.04. The van der Waals surface area contributed by atoms with Crippen LogP contribution >= 0.6 is 0 Å². The van der Waals surface area contributed by atoms with Crippen molar-refractivity contribution in [3.8, 4) is 11.5 Å². The van der Waals surface area contributed by atoms with Crippen LogP contribution < -0.4 is 9.47 Å². The number of carbonyl (C=O) groups is 1. The van der Waals surface area contributed by atoms with Crippen LogP contribution in [0.15, 0.2) is 47.1 Å². The molecule has 2 aromatic carbocycles. The third-order valence-electron chi connectivity index (χ3n) is 4.05. The summed E-state index contributed by atoms with van der Waals surface area (Å²) < 4.78 is 15.8. The van der Waals surface area contributed by atoms with E-state index in [0.717, 1.165) is 16.7 Å². The van der Waals surface area contributed by atoms with E-state index in [1.54, 1.807) is 38.5 Å². The quantitative estimate of drug-likeness (QED) is 0.631. The van der Waals surface area contributed by atoms with Gasteiger partial charge in [-0.3, -0.25) is 0 Å². The van der Waals surface area contributed by atoms with E-state index < -0.39 is 5.97 Å². The number of rotatable bonds is 4. The van der Waals surface area contributed by atoms with Crippen molar-refractivity contribution in [2.45, 2.75) is 13.8 Å². The molecule has 0 fully saturated rings. The van der Waals surface area contributed by atoms with Gasteiger partial charge in [-0.05, 0) is 60.9 Å². The van der Waals surface area contributed by atoms with E-state index >= 15 is 0 Å². The highest BCUT2D eigenvalue weighted by atomic mass is 16.6. The number of aliphatic imine (C=N–C) groups is 1. The van der Waals surface area contributed by atoms with Crippen molar-refractivity contribution in [3.63, 3.8) is 0 Å². The predicted molar refractivity (Wildman–Crippen MR) is 96.1 cm³/mol. The van der Waals surface area contributed by atoms with Gasteiger partial charge in [0, 0.05) is 11.6 Å². The Morgan fingerprint density at radius 2 is 1.64 bits per heavy atom. The summed E-state index contributed by atoms with van der Waals surface area (Å²) in [7, 11) is 3.15. The molecule has 0 aromatic heterocycles. The summed E-state index contributed by atoms with van der Waals surface area (Å²) in [5.74, 6) is 1.11. The molecule has 5 heteroatoms. The van der Waals surface area contributed by atoms with Gasteiger partial charge in [-0.2, -0.15) is 0 Å². The lowest BCUT2D eigenvalue weighted by Gasteiger charge is -2.05. The zero-order chi connectivity index (χ0) is 18.0. The number of methoxy groups -OCH3 is 2. The first-order valence-electron chi connectivity index (χ1n) is 7.83. The second-order valence-corrected chi connectivity index (χ2v) is 5.78. The summed E-state index contributed by atoms with van der Waals surface area (Å²) in [6, 6.07) is 11.2. The van der Waals surface area contributed by atoms with E-state index in [-0.39, 0.29) is 5.70 Å². The lowest BCUT2D eigenvalue weighted by molar-refractivity contribution is -0.129. The summed E-state index contributed by atoms with van der Waals surface area (Å²) in [5.41, 5.74) is 4.05. The van der Waals surface area contributed by atoms with Gasteiger partial charge in [-0.25, -0.2) is 9.79 Å². The van der Waals surface area contributed by atoms with Crippen molar-refractivity contribution < 1.29 is 19.0 Å². The molecule has 1 aliphatic heterocycles. The molecule has 0 amide bonds. The highest BCUT2D eigenvalue weighted by Gasteiger charge is 2.24. The van der Waals surface area contributed by atoms with Crippen LogP contribution in [0.5, 0.6) is 11.5 Å². The summed E-state index contributed by atoms with van der Waals surface area (Å²) in [4.78, 5) is 16.5. The van der Waals surface area contributed by atoms with Crippen molar-refractivity contribution in [2.75, 3.05) is 14.2 Å². The van der Waals surface area contributed by atoms with E-state index in [4.69, 9.17) is 14.2 Å². The number of esters is 1. The Labute approximate surface area is 146 Å². The Hall–Kier alpha value is -3.08. The minimum absolute atomic E-state index is 0.239. The third-order valence-corrected chi connectivity index (χ3v) is 4.05. The molecule has 0 saturated carbocycles. The van der Waals surface area contributed by atoms with Gasteiger partial charge in [0.1, 0.15) is 11.5 Å². The highest BCUT2D eigenvalue weighted by molar-refractivity contribution is 6.12. The lowest BCUT2D eigenvalue weighted by atomic mass is 10.1. The van der Waals surface area contributed by atoms with Crippen molar-refractivity contribution >= 4 is 17.9 Å². The topological polar surface area (TPSA) is 57.1 Å². The number of nitrogens with zero attached hydrogens (tertiary/aromatic N) is 1. The summed E-state index contributed by atoms with van der Waals surface area (Å²) >= 11 is 0. The fourth-order valence-corrected chi connectivity index (χ4v) is 2.48. The highest BCUT2D eigenvalue weighted by Crippen LogP contribution is 2.26. The molecule has 25 heavy (non-hydrogen) atoms. The van der Waals surface area contributed by atoms with Gasteiger partial charge in [-0.15, -0.1) is 0 Å². The van der Waals surface area contributed by atoms with Crippen LogP contribution in [-0.4, -0.2) is 26.1 Å². The number of carbonyl (C=O) groups excluding carboxylic acids is 1. The van der Waals surface area contributed by atoms with Crippen LogP contribution in [0.4, 0.5) is 0 Å². The van der Waals surface area contributed by atoms with E-state index in [0.29, 0.717) is 17.4 Å². The molecular weight excluding hydrogens is 318 g/mol. The van der Waals surface area contributed by atoms with Crippen molar-refractivity contribution in [2.24, 2.45) is 4.99 Å². The zero-order valence-electron chi connectivity index (χ0n) is 14.6. The van der Waals surface area contributed by atoms with Crippen LogP contribution in [-0.2, 0) is 9.53 Å². The first-order valence-corrected chi connectivity index (χ1v) is 7.83. The maximum Gasteiger partial charge on any atom is 0.363 e. The van der Waals surface area contributed by atoms with Gasteiger partial charge in [0.05, 0.1) is 14.2 Å². The molecule has 0 spiro atoms. The normalized spacial score (nSPS) is 15.1. The molecule has 2 aromatic rings. The Bertz CT molecular complexity index is 874. The Morgan fingerprint density at radius 3 is 2.24 bits per heavy atom. The van der Waals surface area contributed by atoms with Crippen LogP contribution in [0.2, 0.25) is 0 Å². The SMILES string of the molecule is COc1cc(C=C2N=C(c3ccc(C)c(C)c3)OC2=O)cc(OC)c1.